The highest BCUT2D eigenvalue weighted by molar-refractivity contribution is 9.10. The van der Waals surface area contributed by atoms with Crippen molar-refractivity contribution in [2.45, 2.75) is 31.7 Å². The number of ether oxygens (including phenoxy) is 1. The van der Waals surface area contributed by atoms with Gasteiger partial charge in [-0.2, -0.15) is 0 Å². The summed E-state index contributed by atoms with van der Waals surface area (Å²) in [6, 6.07) is 12.5. The Morgan fingerprint density at radius 2 is 2.14 bits per heavy atom. The summed E-state index contributed by atoms with van der Waals surface area (Å²) >= 11 is 3.41. The van der Waals surface area contributed by atoms with E-state index in [0.29, 0.717) is 5.92 Å². The van der Waals surface area contributed by atoms with Crippen LogP contribution in [0.1, 0.15) is 43.0 Å². The average molecular weight is 350 g/mol. The monoisotopic (exact) mass is 349 g/mol. The van der Waals surface area contributed by atoms with E-state index in [1.165, 1.54) is 5.56 Å². The highest BCUT2D eigenvalue weighted by Gasteiger charge is 2.31. The molecule has 0 aliphatic carbocycles. The van der Waals surface area contributed by atoms with Gasteiger partial charge in [0, 0.05) is 5.92 Å². The van der Waals surface area contributed by atoms with Crippen molar-refractivity contribution >= 4 is 15.9 Å². The zero-order chi connectivity index (χ0) is 14.7. The van der Waals surface area contributed by atoms with Crippen LogP contribution in [0.25, 0.3) is 0 Å². The Bertz CT molecular complexity index is 596. The number of hydrogen-bond donors (Lipinski definition) is 1. The minimum absolute atomic E-state index is 0.182. The summed E-state index contributed by atoms with van der Waals surface area (Å²) in [7, 11) is 0. The number of halogens is 1. The number of benzene rings is 1. The number of fused-ring (bicyclic) bond motifs is 1. The second-order valence-corrected chi connectivity index (χ2v) is 6.14. The maximum atomic E-state index is 5.82. The van der Waals surface area contributed by atoms with E-state index in [1.807, 2.05) is 12.1 Å². The molecule has 112 valence electrons. The maximum absolute atomic E-state index is 5.82. The van der Waals surface area contributed by atoms with Gasteiger partial charge in [-0.15, -0.1) is 0 Å². The lowest BCUT2D eigenvalue weighted by Gasteiger charge is -2.32. The molecule has 1 aliphatic heterocycles. The molecule has 1 N–H and O–H groups in total. The van der Waals surface area contributed by atoms with Crippen LogP contribution in [0.2, 0.25) is 0 Å². The van der Waals surface area contributed by atoms with E-state index in [-0.39, 0.29) is 6.04 Å². The first-order valence-electron chi connectivity index (χ1n) is 7.50. The van der Waals surface area contributed by atoms with Gasteiger partial charge in [0.25, 0.3) is 0 Å². The Kier molecular flexibility index (Phi) is 4.66. The third-order valence-electron chi connectivity index (χ3n) is 3.92. The lowest BCUT2D eigenvalue weighted by molar-refractivity contribution is 0.235. The summed E-state index contributed by atoms with van der Waals surface area (Å²) < 4.78 is 12.4. The van der Waals surface area contributed by atoms with Crippen molar-refractivity contribution in [2.75, 3.05) is 13.2 Å². The van der Waals surface area contributed by atoms with Gasteiger partial charge >= 0.3 is 0 Å². The van der Waals surface area contributed by atoms with Crippen LogP contribution in [0.3, 0.4) is 0 Å². The molecule has 2 unspecified atom stereocenters. The van der Waals surface area contributed by atoms with E-state index in [2.05, 4.69) is 52.4 Å². The van der Waals surface area contributed by atoms with E-state index in [9.17, 15) is 0 Å². The summed E-state index contributed by atoms with van der Waals surface area (Å²) in [4.78, 5) is 0. The van der Waals surface area contributed by atoms with Crippen LogP contribution >= 0.6 is 15.9 Å². The van der Waals surface area contributed by atoms with Crippen molar-refractivity contribution in [2.24, 2.45) is 0 Å². The van der Waals surface area contributed by atoms with Crippen LogP contribution in [-0.2, 0) is 0 Å². The number of furan rings is 1. The van der Waals surface area contributed by atoms with Crippen LogP contribution in [0, 0.1) is 0 Å². The molecule has 0 bridgehead atoms. The average Bonchev–Trinajstić information content (AvgIpc) is 2.94. The molecular weight excluding hydrogens is 330 g/mol. The van der Waals surface area contributed by atoms with Crippen LogP contribution in [0.15, 0.2) is 45.5 Å². The van der Waals surface area contributed by atoms with Gasteiger partial charge in [-0.05, 0) is 59.1 Å². The lowest BCUT2D eigenvalue weighted by Crippen LogP contribution is -2.30. The van der Waals surface area contributed by atoms with Crippen molar-refractivity contribution in [1.82, 2.24) is 5.32 Å². The molecule has 2 aromatic rings. The van der Waals surface area contributed by atoms with E-state index < -0.39 is 0 Å². The zero-order valence-corrected chi connectivity index (χ0v) is 13.7. The highest BCUT2D eigenvalue weighted by Crippen LogP contribution is 2.42. The Balaban J connectivity index is 1.93. The fraction of sp³-hybridized carbons (Fsp3) is 0.412. The summed E-state index contributed by atoms with van der Waals surface area (Å²) in [5.74, 6) is 2.36. The largest absolute Gasteiger partial charge is 0.493 e. The molecule has 3 rings (SSSR count). The number of para-hydroxylation sites is 1. The van der Waals surface area contributed by atoms with E-state index in [4.69, 9.17) is 9.15 Å². The maximum Gasteiger partial charge on any atom is 0.169 e. The number of rotatable bonds is 5. The first-order valence-corrected chi connectivity index (χ1v) is 8.29. The van der Waals surface area contributed by atoms with Crippen molar-refractivity contribution in [3.63, 3.8) is 0 Å². The van der Waals surface area contributed by atoms with Gasteiger partial charge in [0.15, 0.2) is 4.67 Å². The second-order valence-electron chi connectivity index (χ2n) is 5.36. The van der Waals surface area contributed by atoms with Gasteiger partial charge < -0.3 is 14.5 Å². The molecule has 3 nitrogen and oxygen atoms in total. The first kappa shape index (κ1) is 14.7. The fourth-order valence-corrected chi connectivity index (χ4v) is 3.27. The summed E-state index contributed by atoms with van der Waals surface area (Å²) in [6.07, 6.45) is 2.10. The molecule has 2 atom stereocenters. The molecule has 0 spiro atoms. The highest BCUT2D eigenvalue weighted by atomic mass is 79.9. The smallest absolute Gasteiger partial charge is 0.169 e. The molecule has 1 aromatic heterocycles. The SMILES string of the molecule is CCCNC(c1ccc(Br)o1)C1CCOc2ccccc21. The van der Waals surface area contributed by atoms with Crippen molar-refractivity contribution in [3.8, 4) is 5.75 Å². The Labute approximate surface area is 133 Å². The molecule has 21 heavy (non-hydrogen) atoms. The van der Waals surface area contributed by atoms with E-state index >= 15 is 0 Å². The molecule has 0 saturated carbocycles. The van der Waals surface area contributed by atoms with Gasteiger partial charge in [0.05, 0.1) is 12.6 Å². The standard InChI is InChI=1S/C17H20BrNO2/c1-2-10-19-17(15-7-8-16(18)21-15)13-9-11-20-14-6-4-3-5-12(13)14/h3-8,13,17,19H,2,9-11H2,1H3. The summed E-state index contributed by atoms with van der Waals surface area (Å²) in [6.45, 7) is 3.91. The van der Waals surface area contributed by atoms with Gasteiger partial charge in [0.2, 0.25) is 0 Å². The predicted molar refractivity (Wildman–Crippen MR) is 86.7 cm³/mol. The Morgan fingerprint density at radius 1 is 1.29 bits per heavy atom. The quantitative estimate of drug-likeness (QED) is 0.852. The van der Waals surface area contributed by atoms with E-state index in [0.717, 1.165) is 42.2 Å². The summed E-state index contributed by atoms with van der Waals surface area (Å²) in [5.41, 5.74) is 1.27. The predicted octanol–water partition coefficient (Wildman–Crippen LogP) is 4.65. The van der Waals surface area contributed by atoms with Crippen LogP contribution in [0.4, 0.5) is 0 Å². The number of nitrogens with one attached hydrogen (secondary N) is 1. The van der Waals surface area contributed by atoms with Gasteiger partial charge in [0.1, 0.15) is 11.5 Å². The van der Waals surface area contributed by atoms with Crippen molar-refractivity contribution in [1.29, 1.82) is 0 Å². The normalized spacial score (nSPS) is 18.9. The molecule has 1 aliphatic rings. The van der Waals surface area contributed by atoms with Crippen molar-refractivity contribution in [3.05, 3.63) is 52.4 Å². The lowest BCUT2D eigenvalue weighted by atomic mass is 9.85. The molecule has 0 saturated heterocycles. The minimum atomic E-state index is 0.182. The van der Waals surface area contributed by atoms with E-state index in [1.54, 1.807) is 0 Å². The third kappa shape index (κ3) is 3.16. The molecule has 0 amide bonds. The van der Waals surface area contributed by atoms with Crippen molar-refractivity contribution < 1.29 is 9.15 Å². The third-order valence-corrected chi connectivity index (χ3v) is 4.35. The van der Waals surface area contributed by atoms with Crippen LogP contribution in [0.5, 0.6) is 5.75 Å². The fourth-order valence-electron chi connectivity index (χ4n) is 2.95. The molecule has 2 heterocycles. The molecule has 4 heteroatoms. The van der Waals surface area contributed by atoms with Gasteiger partial charge in [-0.3, -0.25) is 0 Å². The molecule has 0 fully saturated rings. The number of hydrogen-bond acceptors (Lipinski definition) is 3. The zero-order valence-electron chi connectivity index (χ0n) is 12.1. The minimum Gasteiger partial charge on any atom is -0.493 e. The van der Waals surface area contributed by atoms with Crippen LogP contribution in [-0.4, -0.2) is 13.2 Å². The van der Waals surface area contributed by atoms with Gasteiger partial charge in [-0.1, -0.05) is 25.1 Å². The molecule has 1 aromatic carbocycles. The molecule has 0 radical (unpaired) electrons. The topological polar surface area (TPSA) is 34.4 Å². The molecular formula is C17H20BrNO2. The van der Waals surface area contributed by atoms with Crippen LogP contribution < -0.4 is 10.1 Å². The van der Waals surface area contributed by atoms with Gasteiger partial charge in [-0.25, -0.2) is 0 Å². The summed E-state index contributed by atoms with van der Waals surface area (Å²) in [5, 5.41) is 3.64. The Hall–Kier alpha value is -1.26. The first-order chi connectivity index (χ1) is 10.3. The Morgan fingerprint density at radius 3 is 2.90 bits per heavy atom. The second kappa shape index (κ2) is 6.67.